The summed E-state index contributed by atoms with van der Waals surface area (Å²) in [6.07, 6.45) is 1.79. The van der Waals surface area contributed by atoms with Crippen LogP contribution in [0, 0.1) is 0 Å². The second-order valence-electron chi connectivity index (χ2n) is 3.25. The Morgan fingerprint density at radius 2 is 2.12 bits per heavy atom. The molecule has 1 aliphatic heterocycles. The Bertz CT molecular complexity index is 354. The zero-order valence-corrected chi connectivity index (χ0v) is 9.69. The van der Waals surface area contributed by atoms with Gasteiger partial charge in [0.05, 0.1) is 12.3 Å². The third-order valence-corrected chi connectivity index (χ3v) is 2.73. The molecule has 0 aromatic carbocycles. The molecular formula is C12H14N2OS. The minimum absolute atomic E-state index is 0.0104. The van der Waals surface area contributed by atoms with E-state index in [0.29, 0.717) is 0 Å². The van der Waals surface area contributed by atoms with E-state index in [1.54, 1.807) is 17.5 Å². The van der Waals surface area contributed by atoms with Crippen LogP contribution in [0.1, 0.15) is 11.9 Å². The van der Waals surface area contributed by atoms with Crippen LogP contribution in [0.3, 0.4) is 0 Å². The average Bonchev–Trinajstić information content (AvgIpc) is 3.07. The first kappa shape index (κ1) is 11.3. The van der Waals surface area contributed by atoms with Crippen molar-refractivity contribution in [1.29, 1.82) is 0 Å². The highest BCUT2D eigenvalue weighted by Gasteiger charge is 2.16. The second-order valence-corrected chi connectivity index (χ2v) is 4.07. The van der Waals surface area contributed by atoms with E-state index in [4.69, 9.17) is 4.74 Å². The molecule has 1 N–H and O–H groups in total. The van der Waals surface area contributed by atoms with Gasteiger partial charge in [-0.1, -0.05) is 18.2 Å². The predicted molar refractivity (Wildman–Crippen MR) is 65.3 cm³/mol. The molecule has 1 atom stereocenters. The average molecular weight is 234 g/mol. The summed E-state index contributed by atoms with van der Waals surface area (Å²) in [4.78, 5) is 4.17. The van der Waals surface area contributed by atoms with E-state index in [2.05, 4.69) is 10.3 Å². The predicted octanol–water partition coefficient (Wildman–Crippen LogP) is 2.45. The number of ether oxygens (including phenoxy) is 1. The van der Waals surface area contributed by atoms with Crippen LogP contribution < -0.4 is 5.32 Å². The lowest BCUT2D eigenvalue weighted by Gasteiger charge is -2.07. The number of hydrogen-bond acceptors (Lipinski definition) is 4. The summed E-state index contributed by atoms with van der Waals surface area (Å²) in [7, 11) is 0. The summed E-state index contributed by atoms with van der Waals surface area (Å²) in [5.41, 5.74) is 0.963. The van der Waals surface area contributed by atoms with Crippen LogP contribution in [0.2, 0.25) is 0 Å². The van der Waals surface area contributed by atoms with Crippen molar-refractivity contribution in [2.75, 3.05) is 13.2 Å². The van der Waals surface area contributed by atoms with Gasteiger partial charge in [0.25, 0.3) is 0 Å². The number of aromatic nitrogens is 1. The first-order valence-corrected chi connectivity index (χ1v) is 6.14. The number of nitrogens with zero attached hydrogens (tertiary/aromatic N) is 1. The Balaban J connectivity index is 0.000000162. The third kappa shape index (κ3) is 3.41. The van der Waals surface area contributed by atoms with Crippen LogP contribution in [0.4, 0.5) is 0 Å². The number of thiophene rings is 1. The first-order chi connectivity index (χ1) is 7.97. The molecule has 16 heavy (non-hydrogen) atoms. The van der Waals surface area contributed by atoms with Gasteiger partial charge in [0.15, 0.2) is 6.23 Å². The molecular weight excluding hydrogens is 220 g/mol. The van der Waals surface area contributed by atoms with Gasteiger partial charge in [0, 0.05) is 12.7 Å². The van der Waals surface area contributed by atoms with Crippen molar-refractivity contribution in [3.8, 4) is 0 Å². The maximum absolute atomic E-state index is 5.37. The van der Waals surface area contributed by atoms with Crippen LogP contribution in [0.25, 0.3) is 0 Å². The number of pyridine rings is 1. The highest BCUT2D eigenvalue weighted by Crippen LogP contribution is 2.13. The molecule has 4 heteroatoms. The summed E-state index contributed by atoms with van der Waals surface area (Å²) in [6, 6.07) is 9.86. The summed E-state index contributed by atoms with van der Waals surface area (Å²) < 4.78 is 5.37. The number of rotatable bonds is 1. The van der Waals surface area contributed by atoms with Crippen LogP contribution in [0.5, 0.6) is 0 Å². The molecule has 3 rings (SSSR count). The minimum atomic E-state index is 0.0104. The minimum Gasteiger partial charge on any atom is -0.356 e. The van der Waals surface area contributed by atoms with Gasteiger partial charge in [-0.15, -0.1) is 0 Å². The Kier molecular flexibility index (Phi) is 4.49. The molecule has 3 heterocycles. The van der Waals surface area contributed by atoms with Gasteiger partial charge in [0.1, 0.15) is 0 Å². The molecule has 0 radical (unpaired) electrons. The van der Waals surface area contributed by atoms with Gasteiger partial charge in [-0.2, -0.15) is 11.3 Å². The van der Waals surface area contributed by atoms with Crippen molar-refractivity contribution in [2.24, 2.45) is 0 Å². The first-order valence-electron chi connectivity index (χ1n) is 5.20. The van der Waals surface area contributed by atoms with Gasteiger partial charge in [-0.3, -0.25) is 10.3 Å². The lowest BCUT2D eigenvalue weighted by molar-refractivity contribution is 0.0985. The Morgan fingerprint density at radius 3 is 2.62 bits per heavy atom. The standard InChI is InChI=1S/C8H10N2O.C4H4S/c1-2-4-9-7(3-1)8-10-5-6-11-8;1-2-4-5-3-1/h1-4,8,10H,5-6H2;1-4H. The van der Waals surface area contributed by atoms with E-state index in [9.17, 15) is 0 Å². The highest BCUT2D eigenvalue weighted by molar-refractivity contribution is 7.07. The molecule has 1 fully saturated rings. The Labute approximate surface area is 99.1 Å². The molecule has 3 nitrogen and oxygen atoms in total. The van der Waals surface area contributed by atoms with E-state index < -0.39 is 0 Å². The monoisotopic (exact) mass is 234 g/mol. The highest BCUT2D eigenvalue weighted by atomic mass is 32.1. The fraction of sp³-hybridized carbons (Fsp3) is 0.250. The van der Waals surface area contributed by atoms with Crippen LogP contribution in [-0.2, 0) is 4.74 Å². The molecule has 0 amide bonds. The fourth-order valence-electron chi connectivity index (χ4n) is 1.37. The van der Waals surface area contributed by atoms with Gasteiger partial charge < -0.3 is 4.74 Å². The Morgan fingerprint density at radius 1 is 1.25 bits per heavy atom. The SMILES string of the molecule is c1ccc(C2NCCO2)nc1.c1ccsc1. The van der Waals surface area contributed by atoms with Crippen LogP contribution >= 0.6 is 11.3 Å². The molecule has 1 unspecified atom stereocenters. The normalized spacial score (nSPS) is 18.9. The van der Waals surface area contributed by atoms with E-state index in [0.717, 1.165) is 18.8 Å². The quantitative estimate of drug-likeness (QED) is 0.823. The zero-order valence-electron chi connectivity index (χ0n) is 8.87. The number of hydrogen-bond donors (Lipinski definition) is 1. The van der Waals surface area contributed by atoms with E-state index in [1.165, 1.54) is 0 Å². The van der Waals surface area contributed by atoms with Crippen LogP contribution in [-0.4, -0.2) is 18.1 Å². The second kappa shape index (κ2) is 6.37. The molecule has 2 aromatic heterocycles. The van der Waals surface area contributed by atoms with Gasteiger partial charge in [-0.25, -0.2) is 0 Å². The van der Waals surface area contributed by atoms with Gasteiger partial charge in [0.2, 0.25) is 0 Å². The third-order valence-electron chi connectivity index (χ3n) is 2.10. The maximum Gasteiger partial charge on any atom is 0.151 e. The molecule has 1 saturated heterocycles. The maximum atomic E-state index is 5.37. The van der Waals surface area contributed by atoms with Crippen molar-refractivity contribution in [3.05, 3.63) is 53.0 Å². The molecule has 0 spiro atoms. The summed E-state index contributed by atoms with van der Waals surface area (Å²) in [5.74, 6) is 0. The topological polar surface area (TPSA) is 34.1 Å². The van der Waals surface area contributed by atoms with Gasteiger partial charge >= 0.3 is 0 Å². The molecule has 0 aliphatic carbocycles. The van der Waals surface area contributed by atoms with Crippen molar-refractivity contribution >= 4 is 11.3 Å². The summed E-state index contributed by atoms with van der Waals surface area (Å²) >= 11 is 1.71. The molecule has 0 saturated carbocycles. The summed E-state index contributed by atoms with van der Waals surface area (Å²) in [6.45, 7) is 1.70. The fourth-order valence-corrected chi connectivity index (χ4v) is 1.83. The largest absolute Gasteiger partial charge is 0.356 e. The van der Waals surface area contributed by atoms with E-state index in [-0.39, 0.29) is 6.23 Å². The molecule has 1 aliphatic rings. The molecule has 0 bridgehead atoms. The summed E-state index contributed by atoms with van der Waals surface area (Å²) in [5, 5.41) is 7.27. The van der Waals surface area contributed by atoms with Gasteiger partial charge in [-0.05, 0) is 22.9 Å². The van der Waals surface area contributed by atoms with Crippen molar-refractivity contribution < 1.29 is 4.74 Å². The smallest absolute Gasteiger partial charge is 0.151 e. The molecule has 84 valence electrons. The lowest BCUT2D eigenvalue weighted by atomic mass is 10.3. The molecule has 2 aromatic rings. The van der Waals surface area contributed by atoms with Crippen molar-refractivity contribution in [1.82, 2.24) is 10.3 Å². The van der Waals surface area contributed by atoms with Crippen LogP contribution in [0.15, 0.2) is 47.3 Å². The van der Waals surface area contributed by atoms with E-state index >= 15 is 0 Å². The zero-order chi connectivity index (χ0) is 11.1. The van der Waals surface area contributed by atoms with Crippen molar-refractivity contribution in [3.63, 3.8) is 0 Å². The lowest BCUT2D eigenvalue weighted by Crippen LogP contribution is -2.14. The van der Waals surface area contributed by atoms with E-state index in [1.807, 2.05) is 41.1 Å². The van der Waals surface area contributed by atoms with Crippen molar-refractivity contribution in [2.45, 2.75) is 6.23 Å². The Hall–Kier alpha value is -1.23. The number of nitrogens with one attached hydrogen (secondary N) is 1.